The van der Waals surface area contributed by atoms with Crippen molar-refractivity contribution in [2.45, 2.75) is 43.6 Å². The van der Waals surface area contributed by atoms with Crippen molar-refractivity contribution in [2.24, 2.45) is 0 Å². The maximum absolute atomic E-state index is 13.8. The highest BCUT2D eigenvalue weighted by molar-refractivity contribution is 7.92. The van der Waals surface area contributed by atoms with E-state index in [0.29, 0.717) is 28.7 Å². The molecule has 0 aliphatic rings. The number of methoxy groups -OCH3 is 1. The highest BCUT2D eigenvalue weighted by Crippen LogP contribution is 2.36. The van der Waals surface area contributed by atoms with Gasteiger partial charge < -0.3 is 9.84 Å². The number of rotatable bonds is 8. The Hall–Kier alpha value is -3.68. The Bertz CT molecular complexity index is 1670. The standard InChI is InChI=1S/C26H24ClF3N4O5S/c1-25(2,36)15-33-22-9-4-16(10-18(22)12-32-33)14-34(23-21(27)11-19(13-31-23)26(28,29)30)40(37,38)20-7-5-17(6-8-20)24(35)39-3/h4-13,36H,14-15H2,1-3H3. The Morgan fingerprint density at radius 2 is 1.77 bits per heavy atom. The number of esters is 1. The summed E-state index contributed by atoms with van der Waals surface area (Å²) in [6.07, 6.45) is -2.68. The van der Waals surface area contributed by atoms with Crippen LogP contribution in [0, 0.1) is 0 Å². The number of sulfonamides is 1. The Kier molecular flexibility index (Phi) is 7.85. The van der Waals surface area contributed by atoms with Crippen LogP contribution in [0.4, 0.5) is 19.0 Å². The summed E-state index contributed by atoms with van der Waals surface area (Å²) in [5, 5.41) is 14.6. The van der Waals surface area contributed by atoms with E-state index in [1.807, 2.05) is 0 Å². The van der Waals surface area contributed by atoms with Crippen LogP contribution in [0.5, 0.6) is 0 Å². The molecule has 0 spiro atoms. The lowest BCUT2D eigenvalue weighted by atomic mass is 10.1. The first kappa shape index (κ1) is 29.3. The molecule has 2 heterocycles. The zero-order valence-corrected chi connectivity index (χ0v) is 23.0. The van der Waals surface area contributed by atoms with Crippen LogP contribution in [-0.2, 0) is 34.0 Å². The van der Waals surface area contributed by atoms with Crippen LogP contribution < -0.4 is 4.31 Å². The van der Waals surface area contributed by atoms with Gasteiger partial charge in [-0.15, -0.1) is 0 Å². The third-order valence-corrected chi connectivity index (χ3v) is 7.85. The summed E-state index contributed by atoms with van der Waals surface area (Å²) in [6.45, 7) is 3.14. The van der Waals surface area contributed by atoms with Gasteiger partial charge in [0.25, 0.3) is 10.0 Å². The predicted octanol–water partition coefficient (Wildman–Crippen LogP) is 5.06. The summed E-state index contributed by atoms with van der Waals surface area (Å²) in [5.41, 5.74) is -0.919. The summed E-state index contributed by atoms with van der Waals surface area (Å²) < 4.78 is 74.3. The van der Waals surface area contributed by atoms with Crippen molar-refractivity contribution >= 4 is 44.3 Å². The van der Waals surface area contributed by atoms with Gasteiger partial charge in [-0.2, -0.15) is 18.3 Å². The lowest BCUT2D eigenvalue weighted by molar-refractivity contribution is -0.137. The second-order valence-electron chi connectivity index (χ2n) is 9.56. The average Bonchev–Trinajstić information content (AvgIpc) is 3.26. The molecule has 0 fully saturated rings. The van der Waals surface area contributed by atoms with Crippen LogP contribution in [0.25, 0.3) is 10.9 Å². The van der Waals surface area contributed by atoms with Crippen molar-refractivity contribution in [3.8, 4) is 0 Å². The molecule has 0 amide bonds. The molecule has 0 radical (unpaired) electrons. The lowest BCUT2D eigenvalue weighted by Crippen LogP contribution is -2.32. The molecule has 2 aromatic carbocycles. The number of ether oxygens (including phenoxy) is 1. The van der Waals surface area contributed by atoms with E-state index >= 15 is 0 Å². The Balaban J connectivity index is 1.79. The number of nitrogens with zero attached hydrogens (tertiary/aromatic N) is 4. The highest BCUT2D eigenvalue weighted by Gasteiger charge is 2.34. The molecule has 9 nitrogen and oxygen atoms in total. The summed E-state index contributed by atoms with van der Waals surface area (Å²) in [7, 11) is -3.27. The molecule has 2 aromatic heterocycles. The number of pyridine rings is 1. The number of anilines is 1. The maximum Gasteiger partial charge on any atom is 0.417 e. The summed E-state index contributed by atoms with van der Waals surface area (Å²) in [5.74, 6) is -1.09. The van der Waals surface area contributed by atoms with Crippen LogP contribution in [-0.4, -0.2) is 47.0 Å². The third kappa shape index (κ3) is 6.21. The minimum Gasteiger partial charge on any atom is -0.465 e. The number of halogens is 4. The molecule has 0 unspecified atom stereocenters. The number of aliphatic hydroxyl groups is 1. The summed E-state index contributed by atoms with van der Waals surface area (Å²) in [4.78, 5) is 15.3. The van der Waals surface area contributed by atoms with Gasteiger partial charge in [-0.05, 0) is 61.9 Å². The molecule has 1 N–H and O–H groups in total. The molecule has 0 saturated heterocycles. The van der Waals surface area contributed by atoms with Crippen LogP contribution in [0.2, 0.25) is 5.02 Å². The molecule has 0 aliphatic carbocycles. The van der Waals surface area contributed by atoms with Gasteiger partial charge in [0, 0.05) is 11.6 Å². The molecule has 14 heteroatoms. The second kappa shape index (κ2) is 10.7. The molecule has 0 aliphatic heterocycles. The molecule has 4 aromatic rings. The molecular formula is C26H24ClF3N4O5S. The molecule has 4 rings (SSSR count). The second-order valence-corrected chi connectivity index (χ2v) is 11.8. The van der Waals surface area contributed by atoms with Crippen molar-refractivity contribution in [3.63, 3.8) is 0 Å². The maximum atomic E-state index is 13.8. The van der Waals surface area contributed by atoms with Gasteiger partial charge in [-0.25, -0.2) is 22.5 Å². The van der Waals surface area contributed by atoms with Crippen molar-refractivity contribution in [1.29, 1.82) is 0 Å². The van der Waals surface area contributed by atoms with Gasteiger partial charge in [0.2, 0.25) is 0 Å². The van der Waals surface area contributed by atoms with E-state index in [2.05, 4.69) is 14.8 Å². The van der Waals surface area contributed by atoms with E-state index < -0.39 is 44.2 Å². The largest absolute Gasteiger partial charge is 0.465 e. The number of hydrogen-bond acceptors (Lipinski definition) is 7. The molecule has 40 heavy (non-hydrogen) atoms. The van der Waals surface area contributed by atoms with Gasteiger partial charge in [-0.1, -0.05) is 17.7 Å². The van der Waals surface area contributed by atoms with Gasteiger partial charge >= 0.3 is 12.1 Å². The van der Waals surface area contributed by atoms with Crippen LogP contribution in [0.15, 0.2) is 65.8 Å². The first-order valence-electron chi connectivity index (χ1n) is 11.7. The Morgan fingerprint density at radius 1 is 1.10 bits per heavy atom. The minimum absolute atomic E-state index is 0.104. The quantitative estimate of drug-likeness (QED) is 0.283. The van der Waals surface area contributed by atoms with Crippen LogP contribution in [0.3, 0.4) is 0 Å². The van der Waals surface area contributed by atoms with Gasteiger partial charge in [-0.3, -0.25) is 4.68 Å². The highest BCUT2D eigenvalue weighted by atomic mass is 35.5. The van der Waals surface area contributed by atoms with Crippen molar-refractivity contribution in [3.05, 3.63) is 82.6 Å². The molecule has 0 saturated carbocycles. The third-order valence-electron chi connectivity index (χ3n) is 5.82. The van der Waals surface area contributed by atoms with E-state index in [0.717, 1.165) is 4.31 Å². The SMILES string of the molecule is COC(=O)c1ccc(S(=O)(=O)N(Cc2ccc3c(cnn3CC(C)(C)O)c2)c2ncc(C(F)(F)F)cc2Cl)cc1. The van der Waals surface area contributed by atoms with Crippen molar-refractivity contribution in [1.82, 2.24) is 14.8 Å². The van der Waals surface area contributed by atoms with E-state index in [1.54, 1.807) is 42.9 Å². The predicted molar refractivity (Wildman–Crippen MR) is 141 cm³/mol. The number of fused-ring (bicyclic) bond motifs is 1. The van der Waals surface area contributed by atoms with Gasteiger partial charge in [0.1, 0.15) is 0 Å². The number of alkyl halides is 3. The molecule has 0 bridgehead atoms. The topological polar surface area (TPSA) is 115 Å². The fraction of sp³-hybridized carbons (Fsp3) is 0.269. The van der Waals surface area contributed by atoms with E-state index in [4.69, 9.17) is 11.6 Å². The average molecular weight is 597 g/mol. The summed E-state index contributed by atoms with van der Waals surface area (Å²) in [6, 6.07) is 10.5. The normalized spacial score (nSPS) is 12.5. The van der Waals surface area contributed by atoms with Crippen LogP contribution >= 0.6 is 11.6 Å². The first-order valence-corrected chi connectivity index (χ1v) is 13.5. The monoisotopic (exact) mass is 596 g/mol. The zero-order valence-electron chi connectivity index (χ0n) is 21.5. The van der Waals surface area contributed by atoms with Gasteiger partial charge in [0.15, 0.2) is 5.82 Å². The molecule has 0 atom stereocenters. The number of aromatic nitrogens is 3. The summed E-state index contributed by atoms with van der Waals surface area (Å²) >= 11 is 6.17. The van der Waals surface area contributed by atoms with E-state index in [1.165, 1.54) is 31.4 Å². The Morgan fingerprint density at radius 3 is 2.35 bits per heavy atom. The Labute approximate surface area is 232 Å². The minimum atomic E-state index is -4.74. The number of carbonyl (C=O) groups excluding carboxylic acids is 1. The van der Waals surface area contributed by atoms with E-state index in [-0.39, 0.29) is 23.5 Å². The molecule has 212 valence electrons. The molecular weight excluding hydrogens is 573 g/mol. The van der Waals surface area contributed by atoms with Crippen molar-refractivity contribution in [2.75, 3.05) is 11.4 Å². The number of carbonyl (C=O) groups is 1. The fourth-order valence-corrected chi connectivity index (χ4v) is 5.69. The first-order chi connectivity index (χ1) is 18.6. The number of benzene rings is 2. The number of hydrogen-bond donors (Lipinski definition) is 1. The smallest absolute Gasteiger partial charge is 0.417 e. The lowest BCUT2D eigenvalue weighted by Gasteiger charge is -2.25. The van der Waals surface area contributed by atoms with E-state index in [9.17, 15) is 31.5 Å². The van der Waals surface area contributed by atoms with Crippen LogP contribution in [0.1, 0.15) is 35.3 Å². The zero-order chi connectivity index (χ0) is 29.5. The van der Waals surface area contributed by atoms with Gasteiger partial charge in [0.05, 0.1) is 58.6 Å². The van der Waals surface area contributed by atoms with Crippen molar-refractivity contribution < 1.29 is 36.2 Å². The fourth-order valence-electron chi connectivity index (χ4n) is 3.94.